The Labute approximate surface area is 225 Å². The normalized spacial score (nSPS) is 17.5. The van der Waals surface area contributed by atoms with E-state index in [-0.39, 0.29) is 29.3 Å². The van der Waals surface area contributed by atoms with Gasteiger partial charge in [-0.05, 0) is 72.1 Å². The van der Waals surface area contributed by atoms with Crippen molar-refractivity contribution < 1.29 is 23.4 Å². The van der Waals surface area contributed by atoms with Gasteiger partial charge in [0.05, 0.1) is 6.20 Å². The minimum atomic E-state index is -0.461. The van der Waals surface area contributed by atoms with Gasteiger partial charge in [-0.2, -0.15) is 0 Å². The predicted octanol–water partition coefficient (Wildman–Crippen LogP) is 7.54. The van der Waals surface area contributed by atoms with Crippen LogP contribution in [0.4, 0.5) is 9.18 Å². The first-order chi connectivity index (χ1) is 17.4. The van der Waals surface area contributed by atoms with Crippen molar-refractivity contribution in [2.45, 2.75) is 70.6 Å². The van der Waals surface area contributed by atoms with Crippen molar-refractivity contribution in [1.82, 2.24) is 10.3 Å². The highest BCUT2D eigenvalue weighted by atomic mass is 79.9. The van der Waals surface area contributed by atoms with E-state index in [4.69, 9.17) is 14.2 Å². The Morgan fingerprint density at radius 1 is 0.946 bits per heavy atom. The fraction of sp³-hybridized carbons (Fsp3) is 0.379. The number of benzene rings is 2. The first-order valence-corrected chi connectivity index (χ1v) is 13.0. The van der Waals surface area contributed by atoms with Gasteiger partial charge in [0.1, 0.15) is 34.1 Å². The largest absolute Gasteiger partial charge is 0.490 e. The van der Waals surface area contributed by atoms with E-state index < -0.39 is 5.82 Å². The molecule has 1 aromatic heterocycles. The summed E-state index contributed by atoms with van der Waals surface area (Å²) in [4.78, 5) is 15.8. The van der Waals surface area contributed by atoms with Crippen molar-refractivity contribution in [3.8, 4) is 17.2 Å². The van der Waals surface area contributed by atoms with Crippen LogP contribution in [0.1, 0.15) is 58.6 Å². The minimum absolute atomic E-state index is 0.0344. The maximum atomic E-state index is 13.5. The molecular weight excluding hydrogens is 539 g/mol. The molecule has 1 fully saturated rings. The van der Waals surface area contributed by atoms with E-state index in [0.29, 0.717) is 28.9 Å². The average Bonchev–Trinajstić information content (AvgIpc) is 2.79. The van der Waals surface area contributed by atoms with Crippen molar-refractivity contribution in [1.29, 1.82) is 0 Å². The zero-order valence-corrected chi connectivity index (χ0v) is 23.3. The molecule has 196 valence electrons. The second-order valence-corrected chi connectivity index (χ2v) is 11.6. The molecule has 37 heavy (non-hydrogen) atoms. The van der Waals surface area contributed by atoms with Crippen LogP contribution >= 0.6 is 15.9 Å². The van der Waals surface area contributed by atoms with E-state index >= 15 is 0 Å². The Morgan fingerprint density at radius 3 is 2.08 bits per heavy atom. The van der Waals surface area contributed by atoms with Gasteiger partial charge in [0, 0.05) is 29.9 Å². The zero-order valence-electron chi connectivity index (χ0n) is 21.7. The SMILES string of the molecule is CC(C)(C)NC(=O)OC1CC(Oc2ccc(C(C)(C)c3ccc(Oc4cc(F)cnc4Br)cc3)cc2)C1. The number of alkyl carbamates (subject to hydrolysis) is 1. The van der Waals surface area contributed by atoms with Gasteiger partial charge in [-0.25, -0.2) is 14.2 Å². The molecule has 2 aromatic carbocycles. The van der Waals surface area contributed by atoms with Crippen LogP contribution in [-0.4, -0.2) is 28.8 Å². The number of amides is 1. The summed E-state index contributed by atoms with van der Waals surface area (Å²) < 4.78 is 31.2. The molecule has 4 rings (SSSR count). The van der Waals surface area contributed by atoms with E-state index in [1.165, 1.54) is 6.07 Å². The molecule has 1 heterocycles. The van der Waals surface area contributed by atoms with Gasteiger partial charge in [0.2, 0.25) is 0 Å². The van der Waals surface area contributed by atoms with Crippen molar-refractivity contribution in [2.75, 3.05) is 0 Å². The first-order valence-electron chi connectivity index (χ1n) is 12.2. The van der Waals surface area contributed by atoms with Crippen LogP contribution in [-0.2, 0) is 10.2 Å². The second-order valence-electron chi connectivity index (χ2n) is 10.8. The molecule has 0 radical (unpaired) electrons. The topological polar surface area (TPSA) is 69.7 Å². The van der Waals surface area contributed by atoms with Crippen LogP contribution in [0.5, 0.6) is 17.2 Å². The molecule has 8 heteroatoms. The molecular formula is C29H32BrFN2O4. The molecule has 1 N–H and O–H groups in total. The third kappa shape index (κ3) is 7.01. The zero-order chi connectivity index (χ0) is 26.8. The molecule has 0 atom stereocenters. The van der Waals surface area contributed by atoms with E-state index in [9.17, 15) is 9.18 Å². The van der Waals surface area contributed by atoms with Crippen LogP contribution in [0.3, 0.4) is 0 Å². The predicted molar refractivity (Wildman–Crippen MR) is 144 cm³/mol. The highest BCUT2D eigenvalue weighted by Gasteiger charge is 2.34. The molecule has 0 spiro atoms. The van der Waals surface area contributed by atoms with Gasteiger partial charge in [-0.15, -0.1) is 0 Å². The van der Waals surface area contributed by atoms with Gasteiger partial charge in [0.15, 0.2) is 5.75 Å². The maximum Gasteiger partial charge on any atom is 0.407 e. The van der Waals surface area contributed by atoms with E-state index in [2.05, 4.69) is 52.2 Å². The summed E-state index contributed by atoms with van der Waals surface area (Å²) in [7, 11) is 0. The highest BCUT2D eigenvalue weighted by molar-refractivity contribution is 9.10. The Bertz CT molecular complexity index is 1230. The number of ether oxygens (including phenoxy) is 3. The Balaban J connectivity index is 1.32. The average molecular weight is 571 g/mol. The highest BCUT2D eigenvalue weighted by Crippen LogP contribution is 2.36. The van der Waals surface area contributed by atoms with Gasteiger partial charge >= 0.3 is 6.09 Å². The third-order valence-electron chi connectivity index (χ3n) is 6.26. The molecule has 0 unspecified atom stereocenters. The molecule has 1 amide bonds. The number of nitrogens with zero attached hydrogens (tertiary/aromatic N) is 1. The monoisotopic (exact) mass is 570 g/mol. The summed E-state index contributed by atoms with van der Waals surface area (Å²) in [6.07, 6.45) is 2.03. The second kappa shape index (κ2) is 10.7. The van der Waals surface area contributed by atoms with Crippen molar-refractivity contribution >= 4 is 22.0 Å². The van der Waals surface area contributed by atoms with Crippen molar-refractivity contribution in [3.05, 3.63) is 82.3 Å². The molecule has 0 saturated heterocycles. The quantitative estimate of drug-likeness (QED) is 0.297. The van der Waals surface area contributed by atoms with Crippen molar-refractivity contribution in [2.24, 2.45) is 0 Å². The Kier molecular flexibility index (Phi) is 7.78. The standard InChI is InChI=1S/C29H32BrFN2O4/c1-28(2,3)33-27(34)37-24-15-23(16-24)35-21-10-6-18(7-11-21)29(4,5)19-8-12-22(13-9-19)36-25-14-20(31)17-32-26(25)30/h6-14,17,23-24H,15-16H2,1-5H3,(H,33,34). The number of pyridine rings is 1. The van der Waals surface area contributed by atoms with Crippen LogP contribution in [0, 0.1) is 5.82 Å². The summed E-state index contributed by atoms with van der Waals surface area (Å²) in [6.45, 7) is 10.1. The molecule has 0 aliphatic heterocycles. The maximum absolute atomic E-state index is 13.5. The molecule has 1 aliphatic carbocycles. The minimum Gasteiger partial charge on any atom is -0.490 e. The van der Waals surface area contributed by atoms with Crippen LogP contribution in [0.2, 0.25) is 0 Å². The number of carbonyl (C=O) groups is 1. The summed E-state index contributed by atoms with van der Waals surface area (Å²) in [5.74, 6) is 1.24. The van der Waals surface area contributed by atoms with E-state index in [1.54, 1.807) is 0 Å². The molecule has 6 nitrogen and oxygen atoms in total. The van der Waals surface area contributed by atoms with Gasteiger partial charge in [-0.3, -0.25) is 0 Å². The summed E-state index contributed by atoms with van der Waals surface area (Å²) in [5.41, 5.74) is 1.67. The first kappa shape index (κ1) is 26.9. The van der Waals surface area contributed by atoms with Gasteiger partial charge in [0.25, 0.3) is 0 Å². The Morgan fingerprint density at radius 2 is 1.51 bits per heavy atom. The summed E-state index contributed by atoms with van der Waals surface area (Å²) in [5, 5.41) is 2.81. The molecule has 1 aliphatic rings. The summed E-state index contributed by atoms with van der Waals surface area (Å²) >= 11 is 3.28. The number of rotatable bonds is 7. The van der Waals surface area contributed by atoms with Crippen LogP contribution in [0.15, 0.2) is 65.4 Å². The van der Waals surface area contributed by atoms with Crippen molar-refractivity contribution in [3.63, 3.8) is 0 Å². The summed E-state index contributed by atoms with van der Waals surface area (Å²) in [6, 6.07) is 17.1. The lowest BCUT2D eigenvalue weighted by Crippen LogP contribution is -2.46. The van der Waals surface area contributed by atoms with E-state index in [0.717, 1.165) is 23.1 Å². The smallest absolute Gasteiger partial charge is 0.407 e. The number of halogens is 2. The van der Waals surface area contributed by atoms with Crippen LogP contribution < -0.4 is 14.8 Å². The number of hydrogen-bond acceptors (Lipinski definition) is 5. The lowest BCUT2D eigenvalue weighted by molar-refractivity contribution is -0.0243. The molecule has 1 saturated carbocycles. The fourth-order valence-corrected chi connectivity index (χ4v) is 4.35. The third-order valence-corrected chi connectivity index (χ3v) is 6.85. The van der Waals surface area contributed by atoms with Gasteiger partial charge in [-0.1, -0.05) is 38.1 Å². The molecule has 3 aromatic rings. The van der Waals surface area contributed by atoms with E-state index in [1.807, 2.05) is 57.2 Å². The fourth-order valence-electron chi connectivity index (χ4n) is 4.05. The lowest BCUT2D eigenvalue weighted by atomic mass is 9.78. The number of aromatic nitrogens is 1. The van der Waals surface area contributed by atoms with Crippen LogP contribution in [0.25, 0.3) is 0 Å². The Hall–Kier alpha value is -3.13. The lowest BCUT2D eigenvalue weighted by Gasteiger charge is -2.35. The number of carbonyl (C=O) groups excluding carboxylic acids is 1. The number of nitrogens with one attached hydrogen (secondary N) is 1. The van der Waals surface area contributed by atoms with Gasteiger partial charge < -0.3 is 19.5 Å². The number of hydrogen-bond donors (Lipinski definition) is 1. The molecule has 0 bridgehead atoms.